The van der Waals surface area contributed by atoms with Gasteiger partial charge in [-0.25, -0.2) is 0 Å². The third-order valence-electron chi connectivity index (χ3n) is 3.43. The lowest BCUT2D eigenvalue weighted by molar-refractivity contribution is -0.128. The Labute approximate surface area is 130 Å². The van der Waals surface area contributed by atoms with E-state index >= 15 is 0 Å². The first kappa shape index (κ1) is 16.0. The molecule has 4 nitrogen and oxygen atoms in total. The van der Waals surface area contributed by atoms with Crippen LogP contribution in [0.4, 0.5) is 0 Å². The van der Waals surface area contributed by atoms with Gasteiger partial charge in [0.1, 0.15) is 11.5 Å². The molecule has 1 amide bonds. The Balaban J connectivity index is 1.59. The molecule has 0 atom stereocenters. The van der Waals surface area contributed by atoms with Crippen LogP contribution in [-0.4, -0.2) is 48.6 Å². The molecule has 0 radical (unpaired) electrons. The number of thioether (sulfide) groups is 1. The number of rotatable bonds is 9. The lowest BCUT2D eigenvalue weighted by Gasteiger charge is -2.19. The number of carbonyl (C=O) groups is 1. The van der Waals surface area contributed by atoms with Crippen LogP contribution in [0.2, 0.25) is 0 Å². The Kier molecular flexibility index (Phi) is 6.23. The minimum absolute atomic E-state index is 0.259. The minimum Gasteiger partial charge on any atom is -0.497 e. The van der Waals surface area contributed by atoms with Gasteiger partial charge in [-0.3, -0.25) is 4.79 Å². The summed E-state index contributed by atoms with van der Waals surface area (Å²) < 4.78 is 10.7. The minimum atomic E-state index is 0.259. The molecular weight excluding hydrogens is 286 g/mol. The van der Waals surface area contributed by atoms with Crippen LogP contribution < -0.4 is 9.47 Å². The summed E-state index contributed by atoms with van der Waals surface area (Å²) >= 11 is 1.64. The zero-order valence-electron chi connectivity index (χ0n) is 12.7. The van der Waals surface area contributed by atoms with Gasteiger partial charge in [0.25, 0.3) is 0 Å². The third kappa shape index (κ3) is 5.16. The molecule has 0 aliphatic heterocycles. The second-order valence-corrected chi connectivity index (χ2v) is 6.09. The first-order valence-electron chi connectivity index (χ1n) is 7.38. The van der Waals surface area contributed by atoms with E-state index in [-0.39, 0.29) is 5.91 Å². The van der Waals surface area contributed by atoms with Gasteiger partial charge in [-0.15, -0.1) is 11.8 Å². The zero-order chi connectivity index (χ0) is 15.1. The number of hydrogen-bond acceptors (Lipinski definition) is 4. The van der Waals surface area contributed by atoms with E-state index in [1.807, 2.05) is 36.1 Å². The van der Waals surface area contributed by atoms with E-state index in [0.717, 1.165) is 23.8 Å². The smallest absolute Gasteiger partial charge is 0.232 e. The van der Waals surface area contributed by atoms with Crippen molar-refractivity contribution in [2.24, 2.45) is 0 Å². The average Bonchev–Trinajstić information content (AvgIpc) is 3.33. The summed E-state index contributed by atoms with van der Waals surface area (Å²) in [6.45, 7) is 3.49. The molecule has 0 spiro atoms. The highest BCUT2D eigenvalue weighted by Crippen LogP contribution is 2.27. The van der Waals surface area contributed by atoms with Crippen LogP contribution in [-0.2, 0) is 4.79 Å². The molecule has 1 aliphatic carbocycles. The molecule has 0 aromatic heterocycles. The summed E-state index contributed by atoms with van der Waals surface area (Å²) in [5, 5.41) is 0. The van der Waals surface area contributed by atoms with E-state index in [9.17, 15) is 4.79 Å². The van der Waals surface area contributed by atoms with Crippen molar-refractivity contribution in [3.8, 4) is 11.5 Å². The number of benzene rings is 1. The number of hydrogen-bond donors (Lipinski definition) is 0. The van der Waals surface area contributed by atoms with E-state index in [1.165, 1.54) is 12.8 Å². The molecule has 1 aromatic rings. The summed E-state index contributed by atoms with van der Waals surface area (Å²) in [6, 6.07) is 8.04. The van der Waals surface area contributed by atoms with Crippen LogP contribution in [0.3, 0.4) is 0 Å². The lowest BCUT2D eigenvalue weighted by Crippen LogP contribution is -2.34. The highest BCUT2D eigenvalue weighted by Gasteiger charge is 2.30. The second-order valence-electron chi connectivity index (χ2n) is 4.99. The molecule has 116 valence electrons. The van der Waals surface area contributed by atoms with E-state index < -0.39 is 0 Å². The third-order valence-corrected chi connectivity index (χ3v) is 4.34. The molecule has 1 aliphatic rings. The van der Waals surface area contributed by atoms with E-state index in [4.69, 9.17) is 9.47 Å². The van der Waals surface area contributed by atoms with E-state index in [1.54, 1.807) is 18.9 Å². The van der Waals surface area contributed by atoms with Crippen molar-refractivity contribution < 1.29 is 14.3 Å². The molecule has 5 heteroatoms. The van der Waals surface area contributed by atoms with Crippen molar-refractivity contribution in [1.82, 2.24) is 4.90 Å². The number of carbonyl (C=O) groups excluding carboxylic acids is 1. The van der Waals surface area contributed by atoms with Gasteiger partial charge in [-0.2, -0.15) is 0 Å². The summed E-state index contributed by atoms with van der Waals surface area (Å²) in [5.74, 6) is 3.28. The topological polar surface area (TPSA) is 38.8 Å². The molecule has 0 saturated heterocycles. The van der Waals surface area contributed by atoms with Crippen LogP contribution in [0.5, 0.6) is 11.5 Å². The van der Waals surface area contributed by atoms with Crippen molar-refractivity contribution in [3.05, 3.63) is 24.3 Å². The SMILES string of the molecule is CCN(C(=O)CSCCOc1ccc(OC)cc1)C1CC1. The highest BCUT2D eigenvalue weighted by molar-refractivity contribution is 7.99. The van der Waals surface area contributed by atoms with Crippen molar-refractivity contribution in [2.75, 3.05) is 31.8 Å². The summed E-state index contributed by atoms with van der Waals surface area (Å²) in [5.41, 5.74) is 0. The van der Waals surface area contributed by atoms with Gasteiger partial charge in [0.15, 0.2) is 0 Å². The molecule has 1 saturated carbocycles. The Morgan fingerprint density at radius 1 is 1.29 bits per heavy atom. The van der Waals surface area contributed by atoms with Gasteiger partial charge in [-0.1, -0.05) is 0 Å². The Morgan fingerprint density at radius 2 is 1.95 bits per heavy atom. The number of amides is 1. The Hall–Kier alpha value is -1.36. The Bertz CT molecular complexity index is 445. The van der Waals surface area contributed by atoms with Gasteiger partial charge in [0.2, 0.25) is 5.91 Å². The van der Waals surface area contributed by atoms with Crippen LogP contribution in [0.1, 0.15) is 19.8 Å². The highest BCUT2D eigenvalue weighted by atomic mass is 32.2. The summed E-state index contributed by atoms with van der Waals surface area (Å²) in [7, 11) is 1.64. The van der Waals surface area contributed by atoms with E-state index in [2.05, 4.69) is 0 Å². The molecule has 0 N–H and O–H groups in total. The van der Waals surface area contributed by atoms with Gasteiger partial charge in [0, 0.05) is 18.3 Å². The van der Waals surface area contributed by atoms with Crippen LogP contribution in [0, 0.1) is 0 Å². The fourth-order valence-corrected chi connectivity index (χ4v) is 2.84. The predicted octanol–water partition coefficient (Wildman–Crippen LogP) is 2.82. The maximum absolute atomic E-state index is 12.0. The van der Waals surface area contributed by atoms with E-state index in [0.29, 0.717) is 18.4 Å². The largest absolute Gasteiger partial charge is 0.497 e. The van der Waals surface area contributed by atoms with Crippen LogP contribution >= 0.6 is 11.8 Å². The molecule has 2 rings (SSSR count). The zero-order valence-corrected chi connectivity index (χ0v) is 13.5. The number of methoxy groups -OCH3 is 1. The van der Waals surface area contributed by atoms with Gasteiger partial charge >= 0.3 is 0 Å². The summed E-state index contributed by atoms with van der Waals surface area (Å²) in [6.07, 6.45) is 2.34. The van der Waals surface area contributed by atoms with Crippen LogP contribution in [0.25, 0.3) is 0 Å². The number of nitrogens with zero attached hydrogens (tertiary/aromatic N) is 1. The molecule has 1 aromatic carbocycles. The van der Waals surface area contributed by atoms with Gasteiger partial charge < -0.3 is 14.4 Å². The maximum atomic E-state index is 12.0. The standard InChI is InChI=1S/C16H23NO3S/c1-3-17(13-4-5-13)16(18)12-21-11-10-20-15-8-6-14(19-2)7-9-15/h6-9,13H,3-5,10-12H2,1-2H3. The lowest BCUT2D eigenvalue weighted by atomic mass is 10.3. The van der Waals surface area contributed by atoms with Crippen molar-refractivity contribution in [2.45, 2.75) is 25.8 Å². The van der Waals surface area contributed by atoms with Crippen LogP contribution in [0.15, 0.2) is 24.3 Å². The molecule has 0 unspecified atom stereocenters. The molecule has 0 bridgehead atoms. The fraction of sp³-hybridized carbons (Fsp3) is 0.562. The normalized spacial score (nSPS) is 13.8. The summed E-state index contributed by atoms with van der Waals surface area (Å²) in [4.78, 5) is 14.0. The second kappa shape index (κ2) is 8.17. The van der Waals surface area contributed by atoms with Crippen molar-refractivity contribution in [3.63, 3.8) is 0 Å². The quantitative estimate of drug-likeness (QED) is 0.658. The molecule has 1 fully saturated rings. The molecule has 21 heavy (non-hydrogen) atoms. The van der Waals surface area contributed by atoms with Crippen molar-refractivity contribution in [1.29, 1.82) is 0 Å². The van der Waals surface area contributed by atoms with Gasteiger partial charge in [0.05, 0.1) is 19.5 Å². The maximum Gasteiger partial charge on any atom is 0.232 e. The molecular formula is C16H23NO3S. The average molecular weight is 309 g/mol. The monoisotopic (exact) mass is 309 g/mol. The van der Waals surface area contributed by atoms with Crippen molar-refractivity contribution >= 4 is 17.7 Å². The first-order valence-corrected chi connectivity index (χ1v) is 8.54. The van der Waals surface area contributed by atoms with Gasteiger partial charge in [-0.05, 0) is 44.0 Å². The Morgan fingerprint density at radius 3 is 2.52 bits per heavy atom. The molecule has 0 heterocycles. The first-order chi connectivity index (χ1) is 10.2. The fourth-order valence-electron chi connectivity index (χ4n) is 2.16. The predicted molar refractivity (Wildman–Crippen MR) is 86.2 cm³/mol. The number of ether oxygens (including phenoxy) is 2.